The molecule has 1 rings (SSSR count). The van der Waals surface area contributed by atoms with E-state index in [1.165, 1.54) is 16.1 Å². The second-order valence-electron chi connectivity index (χ2n) is 3.30. The first-order chi connectivity index (χ1) is 7.71. The van der Waals surface area contributed by atoms with Gasteiger partial charge in [-0.25, -0.2) is 0 Å². The first-order valence-corrected chi connectivity index (χ1v) is 5.70. The fraction of sp³-hybridized carbons (Fsp3) is 0.400. The van der Waals surface area contributed by atoms with Gasteiger partial charge in [0.25, 0.3) is 0 Å². The average molecular weight is 289 g/mol. The van der Waals surface area contributed by atoms with Crippen LogP contribution in [0.1, 0.15) is 12.8 Å². The fourth-order valence-electron chi connectivity index (χ4n) is 1.40. The maximum absolute atomic E-state index is 10.9. The lowest BCUT2D eigenvalue weighted by molar-refractivity contribution is -0.126. The highest BCUT2D eigenvalue weighted by atomic mass is 79.9. The van der Waals surface area contributed by atoms with E-state index in [1.54, 1.807) is 6.08 Å². The maximum atomic E-state index is 10.9. The van der Waals surface area contributed by atoms with Crippen LogP contribution in [0.5, 0.6) is 0 Å². The zero-order valence-electron chi connectivity index (χ0n) is 8.58. The van der Waals surface area contributed by atoms with Crippen LogP contribution in [0.15, 0.2) is 22.8 Å². The van der Waals surface area contributed by atoms with Crippen LogP contribution in [0.25, 0.3) is 0 Å². The molecule has 1 aliphatic heterocycles. The predicted octanol–water partition coefficient (Wildman–Crippen LogP) is 0.858. The minimum atomic E-state index is -0.383. The summed E-state index contributed by atoms with van der Waals surface area (Å²) in [6.45, 7) is 0. The quantitative estimate of drug-likeness (QED) is 0.463. The molecule has 5 nitrogen and oxygen atoms in total. The summed E-state index contributed by atoms with van der Waals surface area (Å²) in [5, 5.41) is 0. The van der Waals surface area contributed by atoms with Gasteiger partial charge >= 0.3 is 0 Å². The second kappa shape index (κ2) is 6.57. The lowest BCUT2D eigenvalue weighted by Crippen LogP contribution is -2.31. The van der Waals surface area contributed by atoms with Crippen LogP contribution >= 0.6 is 15.9 Å². The number of carbonyl (C=O) groups is 2. The third-order valence-electron chi connectivity index (χ3n) is 2.17. The molecule has 1 amide bonds. The average Bonchev–Trinajstić information content (AvgIpc) is 2.71. The van der Waals surface area contributed by atoms with E-state index in [1.807, 2.05) is 0 Å². The number of allylic oxidation sites excluding steroid dienone is 2. The van der Waals surface area contributed by atoms with E-state index in [0.29, 0.717) is 31.1 Å². The van der Waals surface area contributed by atoms with Crippen LogP contribution in [-0.4, -0.2) is 30.1 Å². The number of hydrogen-bond donors (Lipinski definition) is 1. The number of rotatable bonds is 5. The summed E-state index contributed by atoms with van der Waals surface area (Å²) in [4.78, 5) is 24.4. The number of halogens is 1. The zero-order chi connectivity index (χ0) is 12.0. The standard InChI is InChI=1S/C10H13BrN2O3/c11-4-3-8(6-14)5-13(7-15)10-2-1-9(12)16-10/h3-7,9-10H,1-2,12H2/b4-3+,8-5-/t9?,10-/m1/s1. The van der Waals surface area contributed by atoms with Crippen LogP contribution in [0.3, 0.4) is 0 Å². The molecule has 2 N–H and O–H groups in total. The van der Waals surface area contributed by atoms with Crippen molar-refractivity contribution in [1.29, 1.82) is 0 Å². The van der Waals surface area contributed by atoms with Gasteiger partial charge in [0.1, 0.15) is 12.5 Å². The lowest BCUT2D eigenvalue weighted by atomic mass is 10.3. The molecule has 1 heterocycles. The van der Waals surface area contributed by atoms with Gasteiger partial charge in [0, 0.05) is 11.8 Å². The number of aldehydes is 1. The predicted molar refractivity (Wildman–Crippen MR) is 62.2 cm³/mol. The molecule has 0 aromatic rings. The molecule has 16 heavy (non-hydrogen) atoms. The van der Waals surface area contributed by atoms with Crippen LogP contribution in [0, 0.1) is 0 Å². The number of nitrogens with two attached hydrogens (primary N) is 1. The summed E-state index contributed by atoms with van der Waals surface area (Å²) >= 11 is 3.06. The highest BCUT2D eigenvalue weighted by molar-refractivity contribution is 9.11. The minimum Gasteiger partial charge on any atom is -0.340 e. The third kappa shape index (κ3) is 3.55. The number of amides is 1. The number of nitrogens with zero attached hydrogens (tertiary/aromatic N) is 1. The molecular formula is C10H13BrN2O3. The van der Waals surface area contributed by atoms with E-state index < -0.39 is 0 Å². The monoisotopic (exact) mass is 288 g/mol. The Morgan fingerprint density at radius 1 is 1.44 bits per heavy atom. The van der Waals surface area contributed by atoms with Crippen molar-refractivity contribution in [3.8, 4) is 0 Å². The molecule has 88 valence electrons. The van der Waals surface area contributed by atoms with E-state index in [-0.39, 0.29) is 12.5 Å². The topological polar surface area (TPSA) is 72.6 Å². The van der Waals surface area contributed by atoms with Crippen molar-refractivity contribution in [2.45, 2.75) is 25.3 Å². The molecule has 1 aliphatic rings. The normalized spacial score (nSPS) is 26.0. The molecule has 0 bridgehead atoms. The van der Waals surface area contributed by atoms with Crippen LogP contribution in [0.4, 0.5) is 0 Å². The molecule has 0 aromatic heterocycles. The Labute approximate surface area is 102 Å². The Morgan fingerprint density at radius 2 is 2.19 bits per heavy atom. The molecule has 1 unspecified atom stereocenters. The van der Waals surface area contributed by atoms with Gasteiger partial charge in [0.05, 0.1) is 0 Å². The first kappa shape index (κ1) is 13.1. The summed E-state index contributed by atoms with van der Waals surface area (Å²) in [5.74, 6) is 0. The highest BCUT2D eigenvalue weighted by Crippen LogP contribution is 2.19. The molecule has 2 atom stereocenters. The molecule has 0 aromatic carbocycles. The SMILES string of the molecule is NC1CC[C@H](N(C=O)/C=C(C=O)/C=C/Br)O1. The second-order valence-corrected chi connectivity index (χ2v) is 3.83. The van der Waals surface area contributed by atoms with Crippen LogP contribution < -0.4 is 5.73 Å². The van der Waals surface area contributed by atoms with Crippen molar-refractivity contribution < 1.29 is 14.3 Å². The smallest absolute Gasteiger partial charge is 0.215 e. The van der Waals surface area contributed by atoms with E-state index in [4.69, 9.17) is 10.5 Å². The molecule has 1 fully saturated rings. The fourth-order valence-corrected chi connectivity index (χ4v) is 1.71. The molecule has 1 saturated heterocycles. The number of hydrogen-bond acceptors (Lipinski definition) is 4. The Kier molecular flexibility index (Phi) is 5.37. The number of ether oxygens (including phenoxy) is 1. The van der Waals surface area contributed by atoms with Gasteiger partial charge in [0.15, 0.2) is 6.29 Å². The van der Waals surface area contributed by atoms with Gasteiger partial charge in [-0.3, -0.25) is 14.5 Å². The Morgan fingerprint density at radius 3 is 2.62 bits per heavy atom. The summed E-state index contributed by atoms with van der Waals surface area (Å²) in [7, 11) is 0. The van der Waals surface area contributed by atoms with Crippen LogP contribution in [-0.2, 0) is 14.3 Å². The van der Waals surface area contributed by atoms with Crippen molar-refractivity contribution in [3.05, 3.63) is 22.8 Å². The minimum absolute atomic E-state index is 0.341. The van der Waals surface area contributed by atoms with Crippen molar-refractivity contribution in [1.82, 2.24) is 4.90 Å². The van der Waals surface area contributed by atoms with Gasteiger partial charge in [-0.2, -0.15) is 0 Å². The summed E-state index contributed by atoms with van der Waals surface area (Å²) in [5.41, 5.74) is 5.93. The Hall–Kier alpha value is -0.980. The molecule has 0 spiro atoms. The summed E-state index contributed by atoms with van der Waals surface area (Å²) < 4.78 is 5.31. The van der Waals surface area contributed by atoms with Gasteiger partial charge in [0.2, 0.25) is 6.41 Å². The largest absolute Gasteiger partial charge is 0.340 e. The van der Waals surface area contributed by atoms with Gasteiger partial charge < -0.3 is 10.5 Å². The summed E-state index contributed by atoms with van der Waals surface area (Å²) in [6.07, 6.45) is 4.89. The van der Waals surface area contributed by atoms with Crippen molar-refractivity contribution in [3.63, 3.8) is 0 Å². The van der Waals surface area contributed by atoms with E-state index in [2.05, 4.69) is 15.9 Å². The molecular weight excluding hydrogens is 276 g/mol. The van der Waals surface area contributed by atoms with Crippen molar-refractivity contribution >= 4 is 28.6 Å². The van der Waals surface area contributed by atoms with Crippen LogP contribution in [0.2, 0.25) is 0 Å². The third-order valence-corrected chi connectivity index (χ3v) is 2.44. The highest BCUT2D eigenvalue weighted by Gasteiger charge is 2.26. The zero-order valence-corrected chi connectivity index (χ0v) is 10.2. The van der Waals surface area contributed by atoms with E-state index >= 15 is 0 Å². The molecule has 0 radical (unpaired) electrons. The van der Waals surface area contributed by atoms with E-state index in [9.17, 15) is 9.59 Å². The van der Waals surface area contributed by atoms with Crippen molar-refractivity contribution in [2.75, 3.05) is 0 Å². The van der Waals surface area contributed by atoms with Crippen molar-refractivity contribution in [2.24, 2.45) is 5.73 Å². The lowest BCUT2D eigenvalue weighted by Gasteiger charge is -2.20. The first-order valence-electron chi connectivity index (χ1n) is 4.78. The molecule has 6 heteroatoms. The van der Waals surface area contributed by atoms with E-state index in [0.717, 1.165) is 0 Å². The number of carbonyl (C=O) groups excluding carboxylic acids is 2. The van der Waals surface area contributed by atoms with Gasteiger partial charge in [-0.15, -0.1) is 0 Å². The van der Waals surface area contributed by atoms with Gasteiger partial charge in [-0.1, -0.05) is 15.9 Å². The summed E-state index contributed by atoms with van der Waals surface area (Å²) in [6, 6.07) is 0. The molecule has 0 saturated carbocycles. The van der Waals surface area contributed by atoms with Gasteiger partial charge in [-0.05, 0) is 23.9 Å². The Balaban J connectivity index is 2.73. The maximum Gasteiger partial charge on any atom is 0.215 e. The Bertz CT molecular complexity index is 317. The molecule has 0 aliphatic carbocycles.